The van der Waals surface area contributed by atoms with Crippen LogP contribution in [0.1, 0.15) is 64.8 Å². The highest BCUT2D eigenvalue weighted by molar-refractivity contribution is 6.24. The Hall–Kier alpha value is -2.58. The van der Waals surface area contributed by atoms with Crippen LogP contribution in [0.5, 0.6) is 0 Å². The number of imide groups is 2. The molecule has 2 N–H and O–H groups in total. The molecule has 0 aromatic heterocycles. The summed E-state index contributed by atoms with van der Waals surface area (Å²) in [5.41, 5.74) is 1.87. The van der Waals surface area contributed by atoms with Gasteiger partial charge in [0.1, 0.15) is 6.04 Å². The van der Waals surface area contributed by atoms with Crippen molar-refractivity contribution in [3.05, 3.63) is 34.9 Å². The fraction of sp³-hybridized carbons (Fsp3) is 0.545. The van der Waals surface area contributed by atoms with Crippen molar-refractivity contribution in [1.29, 1.82) is 0 Å². The van der Waals surface area contributed by atoms with Gasteiger partial charge in [-0.05, 0) is 50.3 Å². The van der Waals surface area contributed by atoms with Crippen LogP contribution in [0.4, 0.5) is 0 Å². The molecule has 5 rings (SSSR count). The number of carbonyl (C=O) groups excluding carboxylic acids is 4. The van der Waals surface area contributed by atoms with Crippen molar-refractivity contribution in [2.45, 2.75) is 56.7 Å². The summed E-state index contributed by atoms with van der Waals surface area (Å²) in [7, 11) is 0. The average Bonchev–Trinajstić information content (AvgIpc) is 3.28. The van der Waals surface area contributed by atoms with Crippen LogP contribution >= 0.6 is 0 Å². The van der Waals surface area contributed by atoms with E-state index in [-0.39, 0.29) is 24.3 Å². The minimum Gasteiger partial charge on any atom is -0.311 e. The molecule has 1 atom stereocenters. The van der Waals surface area contributed by atoms with Gasteiger partial charge in [-0.1, -0.05) is 12.1 Å². The monoisotopic (exact) mass is 410 g/mol. The molecule has 3 fully saturated rings. The minimum atomic E-state index is -0.925. The van der Waals surface area contributed by atoms with Crippen molar-refractivity contribution in [2.75, 3.05) is 19.6 Å². The maximum absolute atomic E-state index is 13.2. The Bertz CT molecular complexity index is 927. The molecule has 1 aromatic carbocycles. The molecule has 0 radical (unpaired) electrons. The molecule has 0 aliphatic carbocycles. The third kappa shape index (κ3) is 3.15. The number of piperidine rings is 2. The molecule has 4 aliphatic rings. The molecule has 3 saturated heterocycles. The molecule has 4 amide bonds. The van der Waals surface area contributed by atoms with E-state index in [2.05, 4.69) is 15.5 Å². The smallest absolute Gasteiger partial charge is 0.262 e. The molecular weight excluding hydrogens is 384 g/mol. The van der Waals surface area contributed by atoms with Crippen LogP contribution in [0, 0.1) is 0 Å². The zero-order valence-corrected chi connectivity index (χ0v) is 16.9. The maximum atomic E-state index is 13.2. The molecule has 158 valence electrons. The maximum Gasteiger partial charge on any atom is 0.262 e. The third-order valence-electron chi connectivity index (χ3n) is 7.09. The number of carbonyl (C=O) groups is 4. The molecule has 30 heavy (non-hydrogen) atoms. The van der Waals surface area contributed by atoms with Crippen molar-refractivity contribution >= 4 is 23.6 Å². The van der Waals surface area contributed by atoms with Crippen LogP contribution in [-0.4, -0.2) is 64.6 Å². The summed E-state index contributed by atoms with van der Waals surface area (Å²) in [5, 5.41) is 5.91. The molecule has 4 aliphatic heterocycles. The number of fused-ring (bicyclic) bond motifs is 1. The highest BCUT2D eigenvalue weighted by Gasteiger charge is 2.45. The predicted octanol–water partition coefficient (Wildman–Crippen LogP) is 0.806. The number of rotatable bonds is 3. The zero-order chi connectivity index (χ0) is 20.9. The van der Waals surface area contributed by atoms with Crippen molar-refractivity contribution in [2.24, 2.45) is 0 Å². The molecule has 8 nitrogen and oxygen atoms in total. The van der Waals surface area contributed by atoms with Gasteiger partial charge in [-0.2, -0.15) is 0 Å². The first kappa shape index (κ1) is 19.4. The van der Waals surface area contributed by atoms with Gasteiger partial charge in [0.05, 0.1) is 11.1 Å². The number of benzene rings is 1. The summed E-state index contributed by atoms with van der Waals surface area (Å²) in [5.74, 6) is -1.81. The first-order chi connectivity index (χ1) is 14.5. The van der Waals surface area contributed by atoms with E-state index in [1.807, 2.05) is 6.07 Å². The number of nitrogens with zero attached hydrogens (tertiary/aromatic N) is 2. The lowest BCUT2D eigenvalue weighted by Gasteiger charge is -2.39. The predicted molar refractivity (Wildman–Crippen MR) is 108 cm³/mol. The summed E-state index contributed by atoms with van der Waals surface area (Å²) in [6.45, 7) is 3.62. The van der Waals surface area contributed by atoms with E-state index < -0.39 is 23.8 Å². The fourth-order valence-corrected chi connectivity index (χ4v) is 5.39. The molecule has 1 spiro atoms. The van der Waals surface area contributed by atoms with Crippen molar-refractivity contribution in [1.82, 2.24) is 20.4 Å². The normalized spacial score (nSPS) is 26.4. The Morgan fingerprint density at radius 2 is 1.83 bits per heavy atom. The molecule has 1 unspecified atom stereocenters. The number of amides is 4. The van der Waals surface area contributed by atoms with Crippen LogP contribution in [-0.2, 0) is 16.1 Å². The van der Waals surface area contributed by atoms with Gasteiger partial charge in [-0.25, -0.2) is 0 Å². The standard InChI is InChI=1S/C22H26N4O4/c27-17-6-5-16(19(28)24-17)26-20(29)15-4-1-3-14(18(15)21(26)30)13-25-11-8-22(9-12-25)7-2-10-23-22/h1,3-4,16,23H,2,5-13H2,(H,24,27,28). The first-order valence-electron chi connectivity index (χ1n) is 10.8. The van der Waals surface area contributed by atoms with E-state index in [9.17, 15) is 19.2 Å². The summed E-state index contributed by atoms with van der Waals surface area (Å²) >= 11 is 0. The van der Waals surface area contributed by atoms with E-state index in [0.717, 1.165) is 42.9 Å². The summed E-state index contributed by atoms with van der Waals surface area (Å²) in [4.78, 5) is 53.3. The lowest BCUT2D eigenvalue weighted by molar-refractivity contribution is -0.136. The van der Waals surface area contributed by atoms with E-state index in [0.29, 0.717) is 17.7 Å². The quantitative estimate of drug-likeness (QED) is 0.716. The second-order valence-corrected chi connectivity index (χ2v) is 8.87. The van der Waals surface area contributed by atoms with Crippen LogP contribution in [0.25, 0.3) is 0 Å². The van der Waals surface area contributed by atoms with Gasteiger partial charge in [0.15, 0.2) is 0 Å². The minimum absolute atomic E-state index is 0.125. The number of hydrogen-bond acceptors (Lipinski definition) is 6. The Balaban J connectivity index is 1.35. The summed E-state index contributed by atoms with van der Waals surface area (Å²) < 4.78 is 0. The Morgan fingerprint density at radius 1 is 1.03 bits per heavy atom. The molecule has 1 aromatic rings. The molecular formula is C22H26N4O4. The van der Waals surface area contributed by atoms with E-state index >= 15 is 0 Å². The van der Waals surface area contributed by atoms with Crippen LogP contribution < -0.4 is 10.6 Å². The van der Waals surface area contributed by atoms with Gasteiger partial charge >= 0.3 is 0 Å². The largest absolute Gasteiger partial charge is 0.311 e. The summed E-state index contributed by atoms with van der Waals surface area (Å²) in [6.07, 6.45) is 4.95. The SMILES string of the molecule is O=C1CCC(N2C(=O)c3cccc(CN4CCC5(CCCN5)CC4)c3C2=O)C(=O)N1. The fourth-order valence-electron chi connectivity index (χ4n) is 5.39. The van der Waals surface area contributed by atoms with Gasteiger partial charge in [0, 0.05) is 31.6 Å². The average molecular weight is 410 g/mol. The zero-order valence-electron chi connectivity index (χ0n) is 16.9. The second-order valence-electron chi connectivity index (χ2n) is 8.87. The Morgan fingerprint density at radius 3 is 2.53 bits per heavy atom. The third-order valence-corrected chi connectivity index (χ3v) is 7.09. The van der Waals surface area contributed by atoms with Gasteiger partial charge in [0.25, 0.3) is 11.8 Å². The highest BCUT2D eigenvalue weighted by atomic mass is 16.2. The molecule has 0 bridgehead atoms. The van der Waals surface area contributed by atoms with Crippen LogP contribution in [0.2, 0.25) is 0 Å². The molecule has 0 saturated carbocycles. The van der Waals surface area contributed by atoms with E-state index in [4.69, 9.17) is 0 Å². The lowest BCUT2D eigenvalue weighted by atomic mass is 9.86. The first-order valence-corrected chi connectivity index (χ1v) is 10.8. The van der Waals surface area contributed by atoms with Gasteiger partial charge in [0.2, 0.25) is 11.8 Å². The molecule has 8 heteroatoms. The van der Waals surface area contributed by atoms with E-state index in [1.165, 1.54) is 12.8 Å². The van der Waals surface area contributed by atoms with Crippen LogP contribution in [0.3, 0.4) is 0 Å². The van der Waals surface area contributed by atoms with Crippen molar-refractivity contribution < 1.29 is 19.2 Å². The number of likely N-dealkylation sites (tertiary alicyclic amines) is 1. The number of hydrogen-bond donors (Lipinski definition) is 2. The van der Waals surface area contributed by atoms with Crippen molar-refractivity contribution in [3.63, 3.8) is 0 Å². The second kappa shape index (κ2) is 7.28. The highest BCUT2D eigenvalue weighted by Crippen LogP contribution is 2.33. The summed E-state index contributed by atoms with van der Waals surface area (Å²) in [6, 6.07) is 4.43. The van der Waals surface area contributed by atoms with Crippen LogP contribution in [0.15, 0.2) is 18.2 Å². The van der Waals surface area contributed by atoms with Gasteiger partial charge in [-0.15, -0.1) is 0 Å². The Labute approximate surface area is 175 Å². The van der Waals surface area contributed by atoms with E-state index in [1.54, 1.807) is 12.1 Å². The topological polar surface area (TPSA) is 98.8 Å². The van der Waals surface area contributed by atoms with Gasteiger partial charge in [-0.3, -0.25) is 34.3 Å². The van der Waals surface area contributed by atoms with Crippen molar-refractivity contribution in [3.8, 4) is 0 Å². The molecule has 4 heterocycles. The van der Waals surface area contributed by atoms with Gasteiger partial charge < -0.3 is 5.32 Å². The lowest BCUT2D eigenvalue weighted by Crippen LogP contribution is -2.54. The Kier molecular flexibility index (Phi) is 4.71. The number of nitrogens with one attached hydrogen (secondary N) is 2.